The van der Waals surface area contributed by atoms with Crippen LogP contribution in [0.3, 0.4) is 0 Å². The van der Waals surface area contributed by atoms with Crippen LogP contribution in [0.2, 0.25) is 0 Å². The third-order valence-electron chi connectivity index (χ3n) is 1.18. The molecule has 0 heterocycles. The molecule has 0 rings (SSSR count). The normalized spacial score (nSPS) is 9.83. The van der Waals surface area contributed by atoms with Crippen molar-refractivity contribution in [3.63, 3.8) is 0 Å². The summed E-state index contributed by atoms with van der Waals surface area (Å²) < 4.78 is 9.88. The molecule has 72 valence electrons. The molecule has 0 aliphatic heterocycles. The Labute approximate surface area is 81.6 Å². The van der Waals surface area contributed by atoms with Crippen molar-refractivity contribution in [1.29, 1.82) is 0 Å². The monoisotopic (exact) mass is 238 g/mol. The molecular weight excluding hydrogens is 224 g/mol. The minimum Gasteiger partial charge on any atom is -0.466 e. The average molecular weight is 239 g/mol. The topological polar surface area (TPSA) is 35.5 Å². The molecule has 3 nitrogen and oxygen atoms in total. The van der Waals surface area contributed by atoms with Gasteiger partial charge in [0, 0.05) is 11.9 Å². The van der Waals surface area contributed by atoms with Gasteiger partial charge >= 0.3 is 5.97 Å². The van der Waals surface area contributed by atoms with Gasteiger partial charge in [-0.15, -0.1) is 0 Å². The van der Waals surface area contributed by atoms with Crippen molar-refractivity contribution in [2.45, 2.75) is 19.8 Å². The van der Waals surface area contributed by atoms with Gasteiger partial charge < -0.3 is 9.47 Å². The van der Waals surface area contributed by atoms with Crippen molar-refractivity contribution < 1.29 is 14.3 Å². The first kappa shape index (κ1) is 11.9. The number of hydrogen-bond donors (Lipinski definition) is 0. The van der Waals surface area contributed by atoms with Gasteiger partial charge in [0.25, 0.3) is 0 Å². The van der Waals surface area contributed by atoms with E-state index in [1.165, 1.54) is 0 Å². The van der Waals surface area contributed by atoms with Crippen molar-refractivity contribution in [3.8, 4) is 0 Å². The third kappa shape index (κ3) is 8.01. The minimum atomic E-state index is -0.184. The van der Waals surface area contributed by atoms with Crippen LogP contribution in [0.5, 0.6) is 0 Å². The molecule has 0 N–H and O–H groups in total. The van der Waals surface area contributed by atoms with Gasteiger partial charge in [0.05, 0.1) is 19.6 Å². The van der Waals surface area contributed by atoms with Crippen molar-refractivity contribution in [3.05, 3.63) is 0 Å². The van der Waals surface area contributed by atoms with Crippen LogP contribution in [0, 0.1) is 0 Å². The number of halogens is 1. The van der Waals surface area contributed by atoms with E-state index < -0.39 is 0 Å². The largest absolute Gasteiger partial charge is 0.466 e. The lowest BCUT2D eigenvalue weighted by atomic mass is 10.4. The maximum absolute atomic E-state index is 10.8. The molecule has 0 radical (unpaired) electrons. The smallest absolute Gasteiger partial charge is 0.308 e. The van der Waals surface area contributed by atoms with Crippen molar-refractivity contribution in [2.75, 3.05) is 25.2 Å². The molecule has 0 unspecified atom stereocenters. The van der Waals surface area contributed by atoms with E-state index in [2.05, 4.69) is 15.9 Å². The highest BCUT2D eigenvalue weighted by atomic mass is 79.9. The second-order valence-electron chi connectivity index (χ2n) is 2.21. The van der Waals surface area contributed by atoms with Gasteiger partial charge in [-0.3, -0.25) is 4.79 Å². The molecule has 0 fully saturated rings. The van der Waals surface area contributed by atoms with Crippen LogP contribution in [0.25, 0.3) is 0 Å². The van der Waals surface area contributed by atoms with Crippen LogP contribution in [-0.4, -0.2) is 31.1 Å². The molecule has 0 atom stereocenters. The van der Waals surface area contributed by atoms with Gasteiger partial charge in [0.1, 0.15) is 0 Å². The van der Waals surface area contributed by atoms with E-state index in [0.717, 1.165) is 11.8 Å². The van der Waals surface area contributed by atoms with Gasteiger partial charge in [-0.05, 0) is 13.3 Å². The Bertz CT molecular complexity index is 117. The SMILES string of the molecule is CCOC(=O)CCOCCCBr. The Kier molecular flexibility index (Phi) is 8.93. The van der Waals surface area contributed by atoms with Crippen LogP contribution in [0.15, 0.2) is 0 Å². The quantitative estimate of drug-likeness (QED) is 0.385. The number of hydrogen-bond acceptors (Lipinski definition) is 3. The van der Waals surface area contributed by atoms with Crippen LogP contribution >= 0.6 is 15.9 Å². The van der Waals surface area contributed by atoms with Crippen LogP contribution in [0.4, 0.5) is 0 Å². The first-order valence-corrected chi connectivity index (χ1v) is 5.22. The summed E-state index contributed by atoms with van der Waals surface area (Å²) in [6.45, 7) is 3.40. The number of alkyl halides is 1. The predicted molar refractivity (Wildman–Crippen MR) is 50.5 cm³/mol. The highest BCUT2D eigenvalue weighted by Gasteiger charge is 1.99. The van der Waals surface area contributed by atoms with E-state index in [1.54, 1.807) is 6.92 Å². The molecule has 0 aliphatic rings. The van der Waals surface area contributed by atoms with Crippen molar-refractivity contribution >= 4 is 21.9 Å². The predicted octanol–water partition coefficient (Wildman–Crippen LogP) is 1.74. The summed E-state index contributed by atoms with van der Waals surface area (Å²) >= 11 is 3.28. The number of ether oxygens (including phenoxy) is 2. The molecule has 12 heavy (non-hydrogen) atoms. The highest BCUT2D eigenvalue weighted by molar-refractivity contribution is 9.09. The highest BCUT2D eigenvalue weighted by Crippen LogP contribution is 1.91. The molecule has 0 saturated carbocycles. The lowest BCUT2D eigenvalue weighted by molar-refractivity contribution is -0.144. The first-order chi connectivity index (χ1) is 5.81. The molecule has 0 spiro atoms. The molecular formula is C8H15BrO3. The number of esters is 1. The van der Waals surface area contributed by atoms with Crippen LogP contribution < -0.4 is 0 Å². The standard InChI is InChI=1S/C8H15BrO3/c1-2-12-8(10)4-7-11-6-3-5-9/h2-7H2,1H3. The summed E-state index contributed by atoms with van der Waals surface area (Å²) in [7, 11) is 0. The van der Waals surface area contributed by atoms with Crippen molar-refractivity contribution in [2.24, 2.45) is 0 Å². The minimum absolute atomic E-state index is 0.184. The fraction of sp³-hybridized carbons (Fsp3) is 0.875. The zero-order valence-corrected chi connectivity index (χ0v) is 8.93. The lowest BCUT2D eigenvalue weighted by Gasteiger charge is -2.02. The number of carbonyl (C=O) groups excluding carboxylic acids is 1. The van der Waals surface area contributed by atoms with E-state index >= 15 is 0 Å². The summed E-state index contributed by atoms with van der Waals surface area (Å²) in [5.74, 6) is -0.184. The molecule has 0 aliphatic carbocycles. The molecule has 0 amide bonds. The van der Waals surface area contributed by atoms with E-state index in [0.29, 0.717) is 26.2 Å². The van der Waals surface area contributed by atoms with Gasteiger partial charge in [-0.1, -0.05) is 15.9 Å². The number of carbonyl (C=O) groups is 1. The van der Waals surface area contributed by atoms with Gasteiger partial charge in [-0.25, -0.2) is 0 Å². The first-order valence-electron chi connectivity index (χ1n) is 4.10. The Morgan fingerprint density at radius 3 is 2.75 bits per heavy atom. The molecule has 0 aromatic heterocycles. The second-order valence-corrected chi connectivity index (χ2v) is 3.00. The Balaban J connectivity index is 3.03. The third-order valence-corrected chi connectivity index (χ3v) is 1.74. The molecule has 0 saturated heterocycles. The fourth-order valence-corrected chi connectivity index (χ4v) is 0.876. The second kappa shape index (κ2) is 9.00. The molecule has 0 aromatic carbocycles. The fourth-order valence-electron chi connectivity index (χ4n) is 0.647. The molecule has 0 bridgehead atoms. The summed E-state index contributed by atoms with van der Waals surface area (Å²) in [6, 6.07) is 0. The van der Waals surface area contributed by atoms with Gasteiger partial charge in [0.15, 0.2) is 0 Å². The maximum Gasteiger partial charge on any atom is 0.308 e. The van der Waals surface area contributed by atoms with E-state index in [4.69, 9.17) is 9.47 Å². The summed E-state index contributed by atoms with van der Waals surface area (Å²) in [6.07, 6.45) is 1.33. The summed E-state index contributed by atoms with van der Waals surface area (Å²) in [5.41, 5.74) is 0. The summed E-state index contributed by atoms with van der Waals surface area (Å²) in [4.78, 5) is 10.8. The average Bonchev–Trinajstić information content (AvgIpc) is 2.05. The maximum atomic E-state index is 10.8. The summed E-state index contributed by atoms with van der Waals surface area (Å²) in [5, 5.41) is 0.937. The van der Waals surface area contributed by atoms with E-state index in [-0.39, 0.29) is 5.97 Å². The Morgan fingerprint density at radius 1 is 1.42 bits per heavy atom. The number of rotatable bonds is 7. The van der Waals surface area contributed by atoms with Gasteiger partial charge in [0.2, 0.25) is 0 Å². The zero-order valence-electron chi connectivity index (χ0n) is 7.35. The van der Waals surface area contributed by atoms with Crippen LogP contribution in [0.1, 0.15) is 19.8 Å². The van der Waals surface area contributed by atoms with Crippen LogP contribution in [-0.2, 0) is 14.3 Å². The zero-order chi connectivity index (χ0) is 9.23. The van der Waals surface area contributed by atoms with Gasteiger partial charge in [-0.2, -0.15) is 0 Å². The Hall–Kier alpha value is -0.0900. The lowest BCUT2D eigenvalue weighted by Crippen LogP contribution is -2.08. The molecule has 0 aromatic rings. The molecule has 4 heteroatoms. The Morgan fingerprint density at radius 2 is 2.17 bits per heavy atom. The van der Waals surface area contributed by atoms with E-state index in [9.17, 15) is 4.79 Å². The van der Waals surface area contributed by atoms with E-state index in [1.807, 2.05) is 0 Å². The van der Waals surface area contributed by atoms with Crippen molar-refractivity contribution in [1.82, 2.24) is 0 Å².